The van der Waals surface area contributed by atoms with Gasteiger partial charge in [-0.15, -0.1) is 0 Å². The first-order valence-electron chi connectivity index (χ1n) is 5.55. The van der Waals surface area contributed by atoms with Crippen LogP contribution in [0.5, 0.6) is 0 Å². The molecule has 0 aromatic rings. The zero-order valence-electron chi connectivity index (χ0n) is 9.97. The number of hydrogen-bond acceptors (Lipinski definition) is 3. The minimum atomic E-state index is -0.876. The summed E-state index contributed by atoms with van der Waals surface area (Å²) in [6.07, 6.45) is 2.17. The fourth-order valence-electron chi connectivity index (χ4n) is 2.35. The van der Waals surface area contributed by atoms with Crippen LogP contribution in [-0.2, 0) is 14.4 Å². The normalized spacial score (nSPS) is 29.1. The van der Waals surface area contributed by atoms with Crippen LogP contribution in [0.3, 0.4) is 0 Å². The third kappa shape index (κ3) is 2.52. The Bertz CT molecular complexity index is 279. The summed E-state index contributed by atoms with van der Waals surface area (Å²) in [5.41, 5.74) is 0. The van der Waals surface area contributed by atoms with Crippen molar-refractivity contribution < 1.29 is 19.5 Å². The summed E-state index contributed by atoms with van der Waals surface area (Å²) in [6.45, 7) is 2.02. The Morgan fingerprint density at radius 2 is 1.94 bits per heavy atom. The Hall–Kier alpha value is -1.10. The van der Waals surface area contributed by atoms with Gasteiger partial charge in [-0.3, -0.25) is 14.4 Å². The van der Waals surface area contributed by atoms with Gasteiger partial charge in [-0.05, 0) is 18.8 Å². The maximum atomic E-state index is 11.9. The zero-order chi connectivity index (χ0) is 12.3. The van der Waals surface area contributed by atoms with Gasteiger partial charge >= 0.3 is 5.97 Å². The first-order valence-corrected chi connectivity index (χ1v) is 5.55. The van der Waals surface area contributed by atoms with E-state index in [0.717, 1.165) is 11.5 Å². The van der Waals surface area contributed by atoms with Crippen molar-refractivity contribution in [1.29, 1.82) is 0 Å². The van der Waals surface area contributed by atoms with E-state index in [-0.39, 0.29) is 5.91 Å². The van der Waals surface area contributed by atoms with Crippen molar-refractivity contribution in [2.24, 2.45) is 17.8 Å². The molecule has 92 valence electrons. The molecule has 0 saturated heterocycles. The van der Waals surface area contributed by atoms with Gasteiger partial charge in [-0.25, -0.2) is 5.06 Å². The largest absolute Gasteiger partial charge is 0.481 e. The van der Waals surface area contributed by atoms with Crippen molar-refractivity contribution in [3.63, 3.8) is 0 Å². The van der Waals surface area contributed by atoms with E-state index >= 15 is 0 Å². The molecule has 5 heteroatoms. The van der Waals surface area contributed by atoms with Crippen molar-refractivity contribution in [1.82, 2.24) is 5.06 Å². The first kappa shape index (κ1) is 13.0. The van der Waals surface area contributed by atoms with Gasteiger partial charge in [0.2, 0.25) is 5.91 Å². The molecule has 16 heavy (non-hydrogen) atoms. The fourth-order valence-corrected chi connectivity index (χ4v) is 2.35. The second kappa shape index (κ2) is 5.30. The van der Waals surface area contributed by atoms with Gasteiger partial charge in [0.1, 0.15) is 0 Å². The lowest BCUT2D eigenvalue weighted by Crippen LogP contribution is -2.36. The summed E-state index contributed by atoms with van der Waals surface area (Å²) in [7, 11) is 2.92. The van der Waals surface area contributed by atoms with Crippen LogP contribution >= 0.6 is 0 Å². The lowest BCUT2D eigenvalue weighted by Gasteiger charge is -2.20. The number of aliphatic carboxylic acids is 1. The Balaban J connectivity index is 2.76. The number of carboxylic acid groups (broad SMARTS) is 1. The molecule has 5 nitrogen and oxygen atoms in total. The van der Waals surface area contributed by atoms with Crippen molar-refractivity contribution >= 4 is 11.9 Å². The molecule has 3 atom stereocenters. The molecule has 1 amide bonds. The zero-order valence-corrected chi connectivity index (χ0v) is 9.97. The van der Waals surface area contributed by atoms with Gasteiger partial charge in [0, 0.05) is 7.05 Å². The van der Waals surface area contributed by atoms with Crippen LogP contribution in [0, 0.1) is 17.8 Å². The molecular weight excluding hydrogens is 210 g/mol. The van der Waals surface area contributed by atoms with E-state index in [4.69, 9.17) is 9.94 Å². The van der Waals surface area contributed by atoms with Crippen LogP contribution in [0.15, 0.2) is 0 Å². The molecule has 0 radical (unpaired) electrons. The van der Waals surface area contributed by atoms with E-state index in [1.165, 1.54) is 14.2 Å². The van der Waals surface area contributed by atoms with Gasteiger partial charge < -0.3 is 5.11 Å². The van der Waals surface area contributed by atoms with Crippen LogP contribution < -0.4 is 0 Å². The van der Waals surface area contributed by atoms with E-state index < -0.39 is 17.8 Å². The number of rotatable bonds is 4. The second-order valence-corrected chi connectivity index (χ2v) is 4.32. The summed E-state index contributed by atoms with van der Waals surface area (Å²) in [6, 6.07) is 0. The molecule has 3 unspecified atom stereocenters. The van der Waals surface area contributed by atoms with E-state index in [2.05, 4.69) is 0 Å². The average molecular weight is 229 g/mol. The molecule has 1 saturated carbocycles. The van der Waals surface area contributed by atoms with E-state index in [9.17, 15) is 9.59 Å². The highest BCUT2D eigenvalue weighted by atomic mass is 16.7. The highest BCUT2D eigenvalue weighted by molar-refractivity contribution is 5.84. The Kier molecular flexibility index (Phi) is 4.29. The molecule has 0 bridgehead atoms. The number of hydrogen-bond donors (Lipinski definition) is 1. The predicted octanol–water partition coefficient (Wildman–Crippen LogP) is 1.14. The van der Waals surface area contributed by atoms with E-state index in [1.54, 1.807) is 0 Å². The lowest BCUT2D eigenvalue weighted by atomic mass is 9.95. The van der Waals surface area contributed by atoms with Gasteiger partial charge in [0.25, 0.3) is 0 Å². The van der Waals surface area contributed by atoms with Gasteiger partial charge in [-0.1, -0.05) is 13.3 Å². The lowest BCUT2D eigenvalue weighted by molar-refractivity contribution is -0.176. The van der Waals surface area contributed by atoms with Crippen molar-refractivity contribution in [2.45, 2.75) is 26.2 Å². The summed E-state index contributed by atoms with van der Waals surface area (Å²) in [5, 5.41) is 10.2. The highest BCUT2D eigenvalue weighted by Gasteiger charge is 2.43. The highest BCUT2D eigenvalue weighted by Crippen LogP contribution is 2.39. The standard InChI is InChI=1S/C11H19NO4/c1-4-7-5-8(9(6-7)11(14)15)10(13)12(2)16-3/h7-9H,4-6H2,1-3H3,(H,14,15). The van der Waals surface area contributed by atoms with E-state index in [1.807, 2.05) is 6.92 Å². The molecule has 0 aromatic heterocycles. The molecule has 1 N–H and O–H groups in total. The van der Waals surface area contributed by atoms with Crippen molar-refractivity contribution in [3.05, 3.63) is 0 Å². The second-order valence-electron chi connectivity index (χ2n) is 4.32. The fraction of sp³-hybridized carbons (Fsp3) is 0.818. The molecule has 0 heterocycles. The molecular formula is C11H19NO4. The van der Waals surface area contributed by atoms with Gasteiger partial charge in [0.15, 0.2) is 0 Å². The Morgan fingerprint density at radius 1 is 1.38 bits per heavy atom. The first-order chi connectivity index (χ1) is 7.51. The monoisotopic (exact) mass is 229 g/mol. The van der Waals surface area contributed by atoms with Crippen molar-refractivity contribution in [3.8, 4) is 0 Å². The van der Waals surface area contributed by atoms with Gasteiger partial charge in [-0.2, -0.15) is 0 Å². The quantitative estimate of drug-likeness (QED) is 0.734. The van der Waals surface area contributed by atoms with Crippen LogP contribution in [0.25, 0.3) is 0 Å². The van der Waals surface area contributed by atoms with Crippen LogP contribution in [-0.4, -0.2) is 36.2 Å². The smallest absolute Gasteiger partial charge is 0.307 e. The van der Waals surface area contributed by atoms with Crippen LogP contribution in [0.4, 0.5) is 0 Å². The molecule has 0 spiro atoms. The van der Waals surface area contributed by atoms with Crippen LogP contribution in [0.2, 0.25) is 0 Å². The van der Waals surface area contributed by atoms with E-state index in [0.29, 0.717) is 18.8 Å². The maximum Gasteiger partial charge on any atom is 0.307 e. The molecule has 1 aliphatic rings. The summed E-state index contributed by atoms with van der Waals surface area (Å²) in [5.74, 6) is -1.77. The third-order valence-corrected chi connectivity index (χ3v) is 3.46. The SMILES string of the molecule is CCC1CC(C(=O)O)C(C(=O)N(C)OC)C1. The predicted molar refractivity (Wildman–Crippen MR) is 57.4 cm³/mol. The molecule has 1 rings (SSSR count). The molecule has 1 aliphatic carbocycles. The van der Waals surface area contributed by atoms with Crippen LogP contribution in [0.1, 0.15) is 26.2 Å². The number of carbonyl (C=O) groups is 2. The minimum absolute atomic E-state index is 0.231. The number of hydroxylamine groups is 2. The van der Waals surface area contributed by atoms with Crippen molar-refractivity contribution in [2.75, 3.05) is 14.2 Å². The Morgan fingerprint density at radius 3 is 2.38 bits per heavy atom. The third-order valence-electron chi connectivity index (χ3n) is 3.46. The minimum Gasteiger partial charge on any atom is -0.481 e. The summed E-state index contributed by atoms with van der Waals surface area (Å²) >= 11 is 0. The number of nitrogens with zero attached hydrogens (tertiary/aromatic N) is 1. The summed E-state index contributed by atoms with van der Waals surface area (Å²) in [4.78, 5) is 27.8. The Labute approximate surface area is 95.3 Å². The molecule has 0 aromatic carbocycles. The number of carbonyl (C=O) groups excluding carboxylic acids is 1. The maximum absolute atomic E-state index is 11.9. The number of amides is 1. The molecule has 0 aliphatic heterocycles. The number of carboxylic acids is 1. The molecule has 1 fully saturated rings. The summed E-state index contributed by atoms with van der Waals surface area (Å²) < 4.78 is 0. The van der Waals surface area contributed by atoms with Gasteiger partial charge in [0.05, 0.1) is 18.9 Å². The topological polar surface area (TPSA) is 66.8 Å². The average Bonchev–Trinajstić information content (AvgIpc) is 2.71.